The van der Waals surface area contributed by atoms with Crippen LogP contribution in [0.5, 0.6) is 0 Å². The van der Waals surface area contributed by atoms with Gasteiger partial charge in [-0.1, -0.05) is 26.0 Å². The van der Waals surface area contributed by atoms with E-state index in [1.807, 2.05) is 45.0 Å². The Balaban J connectivity index is 2.27. The van der Waals surface area contributed by atoms with Crippen molar-refractivity contribution in [3.05, 3.63) is 36.2 Å². The number of aromatic nitrogens is 2. The summed E-state index contributed by atoms with van der Waals surface area (Å²) in [5.74, 6) is -0.0187. The Morgan fingerprint density at radius 1 is 1.35 bits per heavy atom. The first-order valence-electron chi connectivity index (χ1n) is 6.70. The second kappa shape index (κ2) is 5.54. The van der Waals surface area contributed by atoms with Crippen LogP contribution in [0.1, 0.15) is 31.3 Å². The van der Waals surface area contributed by atoms with Crippen molar-refractivity contribution in [1.82, 2.24) is 15.3 Å². The van der Waals surface area contributed by atoms with E-state index in [0.717, 1.165) is 5.52 Å². The largest absolute Gasteiger partial charge is 0.344 e. The lowest BCUT2D eigenvalue weighted by Gasteiger charge is -2.33. The molecule has 1 heterocycles. The first-order chi connectivity index (χ1) is 9.46. The molecule has 0 fully saturated rings. The van der Waals surface area contributed by atoms with Crippen LogP contribution in [0.4, 0.5) is 0 Å². The number of rotatable bonds is 4. The van der Waals surface area contributed by atoms with Gasteiger partial charge in [-0.05, 0) is 25.0 Å². The second-order valence-corrected chi connectivity index (χ2v) is 5.47. The highest BCUT2D eigenvalue weighted by Crippen LogP contribution is 2.16. The summed E-state index contributed by atoms with van der Waals surface area (Å²) in [5, 5.41) is 2.96. The highest BCUT2D eigenvalue weighted by atomic mass is 16.2. The lowest BCUT2D eigenvalue weighted by Crippen LogP contribution is -2.55. The number of benzene rings is 1. The van der Waals surface area contributed by atoms with Crippen LogP contribution in [0.25, 0.3) is 11.0 Å². The Hall–Kier alpha value is -2.01. The van der Waals surface area contributed by atoms with Gasteiger partial charge in [-0.3, -0.25) is 9.78 Å². The summed E-state index contributed by atoms with van der Waals surface area (Å²) in [6.45, 7) is 6.36. The molecular weight excluding hydrogens is 252 g/mol. The van der Waals surface area contributed by atoms with Crippen molar-refractivity contribution in [2.75, 3.05) is 6.54 Å². The number of para-hydroxylation sites is 2. The molecule has 1 atom stereocenters. The molecule has 5 nitrogen and oxygen atoms in total. The van der Waals surface area contributed by atoms with Crippen molar-refractivity contribution in [2.45, 2.75) is 26.3 Å². The quantitative estimate of drug-likeness (QED) is 0.888. The van der Waals surface area contributed by atoms with Gasteiger partial charge >= 0.3 is 0 Å². The number of hydrogen-bond acceptors (Lipinski definition) is 4. The van der Waals surface area contributed by atoms with Crippen LogP contribution < -0.4 is 11.1 Å². The van der Waals surface area contributed by atoms with Crippen LogP contribution >= 0.6 is 0 Å². The molecule has 2 aromatic rings. The lowest BCUT2D eigenvalue weighted by molar-refractivity contribution is 0.0878. The highest BCUT2D eigenvalue weighted by molar-refractivity contribution is 5.94. The van der Waals surface area contributed by atoms with Gasteiger partial charge in [0.2, 0.25) is 0 Å². The molecule has 3 N–H and O–H groups in total. The van der Waals surface area contributed by atoms with Crippen LogP contribution in [0.3, 0.4) is 0 Å². The molecule has 0 aliphatic rings. The van der Waals surface area contributed by atoms with Crippen molar-refractivity contribution in [1.29, 1.82) is 0 Å². The van der Waals surface area contributed by atoms with Crippen molar-refractivity contribution in [3.63, 3.8) is 0 Å². The third-order valence-electron chi connectivity index (χ3n) is 3.78. The topological polar surface area (TPSA) is 80.9 Å². The molecule has 0 saturated heterocycles. The lowest BCUT2D eigenvalue weighted by atomic mass is 9.88. The number of amides is 1. The first kappa shape index (κ1) is 14.4. The molecule has 0 aliphatic carbocycles. The average Bonchev–Trinajstić information content (AvgIpc) is 2.46. The van der Waals surface area contributed by atoms with Crippen molar-refractivity contribution in [3.8, 4) is 0 Å². The summed E-state index contributed by atoms with van der Waals surface area (Å²) in [6.07, 6.45) is 1.49. The van der Waals surface area contributed by atoms with E-state index < -0.39 is 5.54 Å². The van der Waals surface area contributed by atoms with Gasteiger partial charge in [0.25, 0.3) is 5.91 Å². The number of nitrogens with two attached hydrogens (primary N) is 1. The zero-order valence-corrected chi connectivity index (χ0v) is 12.1. The maximum atomic E-state index is 12.3. The van der Waals surface area contributed by atoms with E-state index in [2.05, 4.69) is 15.3 Å². The summed E-state index contributed by atoms with van der Waals surface area (Å²) in [5.41, 5.74) is 7.11. The fraction of sp³-hybridized carbons (Fsp3) is 0.400. The summed E-state index contributed by atoms with van der Waals surface area (Å²) in [4.78, 5) is 20.9. The van der Waals surface area contributed by atoms with Gasteiger partial charge in [0.15, 0.2) is 0 Å². The molecule has 20 heavy (non-hydrogen) atoms. The van der Waals surface area contributed by atoms with Crippen molar-refractivity contribution >= 4 is 16.9 Å². The third kappa shape index (κ3) is 2.77. The molecule has 0 bridgehead atoms. The molecule has 1 unspecified atom stereocenters. The van der Waals surface area contributed by atoms with Crippen LogP contribution in [0, 0.1) is 5.92 Å². The molecule has 1 amide bonds. The summed E-state index contributed by atoms with van der Waals surface area (Å²) < 4.78 is 0. The Morgan fingerprint density at radius 2 is 2.00 bits per heavy atom. The fourth-order valence-electron chi connectivity index (χ4n) is 1.82. The van der Waals surface area contributed by atoms with E-state index in [-0.39, 0.29) is 11.8 Å². The number of nitrogens with zero attached hydrogens (tertiary/aromatic N) is 2. The van der Waals surface area contributed by atoms with Crippen LogP contribution in [0.2, 0.25) is 0 Å². The molecule has 106 valence electrons. The molecule has 0 spiro atoms. The first-order valence-corrected chi connectivity index (χ1v) is 6.70. The van der Waals surface area contributed by atoms with Gasteiger partial charge < -0.3 is 11.1 Å². The molecule has 1 aromatic heterocycles. The Kier molecular flexibility index (Phi) is 3.99. The van der Waals surface area contributed by atoms with Crippen LogP contribution in [-0.2, 0) is 0 Å². The predicted octanol–water partition coefficient (Wildman–Crippen LogP) is 1.73. The van der Waals surface area contributed by atoms with Crippen molar-refractivity contribution in [2.24, 2.45) is 11.7 Å². The monoisotopic (exact) mass is 272 g/mol. The summed E-state index contributed by atoms with van der Waals surface area (Å²) in [7, 11) is 0. The van der Waals surface area contributed by atoms with Crippen molar-refractivity contribution < 1.29 is 4.79 Å². The number of nitrogens with one attached hydrogen (secondary N) is 1. The number of fused-ring (bicyclic) bond motifs is 1. The standard InChI is InChI=1S/C15H20N4O/c1-10(2)15(3,9-16)19-14(20)13-8-17-11-6-4-5-7-12(11)18-13/h4-8,10H,9,16H2,1-3H3,(H,19,20). The zero-order valence-electron chi connectivity index (χ0n) is 12.1. The fourth-order valence-corrected chi connectivity index (χ4v) is 1.82. The SMILES string of the molecule is CC(C)C(C)(CN)NC(=O)c1cnc2ccccc2n1. The van der Waals surface area contributed by atoms with E-state index in [0.29, 0.717) is 17.8 Å². The average molecular weight is 272 g/mol. The maximum Gasteiger partial charge on any atom is 0.271 e. The normalized spacial score (nSPS) is 14.2. The molecular formula is C15H20N4O. The summed E-state index contributed by atoms with van der Waals surface area (Å²) in [6, 6.07) is 7.46. The minimum Gasteiger partial charge on any atom is -0.344 e. The highest BCUT2D eigenvalue weighted by Gasteiger charge is 2.29. The Morgan fingerprint density at radius 3 is 2.60 bits per heavy atom. The van der Waals surface area contributed by atoms with Gasteiger partial charge in [0.1, 0.15) is 5.69 Å². The van der Waals surface area contributed by atoms with E-state index in [4.69, 9.17) is 5.73 Å². The number of carbonyl (C=O) groups excluding carboxylic acids is 1. The maximum absolute atomic E-state index is 12.3. The number of carbonyl (C=O) groups is 1. The minimum atomic E-state index is -0.454. The molecule has 0 radical (unpaired) electrons. The predicted molar refractivity (Wildman–Crippen MR) is 79.3 cm³/mol. The molecule has 1 aromatic carbocycles. The molecule has 0 saturated carbocycles. The van der Waals surface area contributed by atoms with Gasteiger partial charge in [-0.15, -0.1) is 0 Å². The molecule has 2 rings (SSSR count). The zero-order chi connectivity index (χ0) is 14.8. The molecule has 5 heteroatoms. The third-order valence-corrected chi connectivity index (χ3v) is 3.78. The van der Waals surface area contributed by atoms with Gasteiger partial charge in [0, 0.05) is 6.54 Å². The summed E-state index contributed by atoms with van der Waals surface area (Å²) >= 11 is 0. The Bertz CT molecular complexity index is 626. The number of hydrogen-bond donors (Lipinski definition) is 2. The van der Waals surface area contributed by atoms with Gasteiger partial charge in [0.05, 0.1) is 22.8 Å². The smallest absolute Gasteiger partial charge is 0.271 e. The van der Waals surface area contributed by atoms with E-state index >= 15 is 0 Å². The molecule has 0 aliphatic heterocycles. The van der Waals surface area contributed by atoms with Gasteiger partial charge in [-0.25, -0.2) is 4.98 Å². The van der Waals surface area contributed by atoms with E-state index in [1.165, 1.54) is 6.20 Å². The van der Waals surface area contributed by atoms with Crippen LogP contribution in [0.15, 0.2) is 30.5 Å². The Labute approximate surface area is 118 Å². The minimum absolute atomic E-state index is 0.227. The van der Waals surface area contributed by atoms with E-state index in [1.54, 1.807) is 0 Å². The van der Waals surface area contributed by atoms with Crippen LogP contribution in [-0.4, -0.2) is 28.0 Å². The van der Waals surface area contributed by atoms with Gasteiger partial charge in [-0.2, -0.15) is 0 Å². The second-order valence-electron chi connectivity index (χ2n) is 5.47. The van der Waals surface area contributed by atoms with E-state index in [9.17, 15) is 4.79 Å².